The van der Waals surface area contributed by atoms with E-state index in [1.807, 2.05) is 46.0 Å². The van der Waals surface area contributed by atoms with Gasteiger partial charge < -0.3 is 19.4 Å². The Bertz CT molecular complexity index is 845. The Morgan fingerprint density at radius 3 is 2.20 bits per heavy atom. The molecule has 7 nitrogen and oxygen atoms in total. The van der Waals surface area contributed by atoms with Gasteiger partial charge in [0.2, 0.25) is 17.7 Å². The summed E-state index contributed by atoms with van der Waals surface area (Å²) in [6, 6.07) is 7.58. The summed E-state index contributed by atoms with van der Waals surface area (Å²) in [5.41, 5.74) is 0.254. The molecule has 3 aliphatic heterocycles. The minimum Gasteiger partial charge on any atom is -0.497 e. The van der Waals surface area contributed by atoms with Crippen molar-refractivity contribution in [2.24, 2.45) is 10.8 Å². The third-order valence-electron chi connectivity index (χ3n) is 7.63. The molecule has 1 aromatic rings. The van der Waals surface area contributed by atoms with Crippen LogP contribution in [0.5, 0.6) is 5.75 Å². The smallest absolute Gasteiger partial charge is 0.231 e. The van der Waals surface area contributed by atoms with Gasteiger partial charge in [-0.3, -0.25) is 14.4 Å². The maximum Gasteiger partial charge on any atom is 0.231 e. The van der Waals surface area contributed by atoms with Gasteiger partial charge in [0.25, 0.3) is 0 Å². The summed E-state index contributed by atoms with van der Waals surface area (Å²) in [6.45, 7) is 4.75. The standard InChI is InChI=1S/C23H31N3O4/c1-17(27)26-15-22(23(16-26)10-11-24(2)21(23)29)8-12-25(13-9-22)20(28)14-18-4-6-19(30-3)7-5-18/h4-7H,8-16H2,1-3H3. The van der Waals surface area contributed by atoms with E-state index in [4.69, 9.17) is 4.74 Å². The van der Waals surface area contributed by atoms with Gasteiger partial charge in [0, 0.05) is 52.1 Å². The van der Waals surface area contributed by atoms with E-state index >= 15 is 0 Å². The van der Waals surface area contributed by atoms with E-state index in [1.165, 1.54) is 0 Å². The van der Waals surface area contributed by atoms with Crippen molar-refractivity contribution < 1.29 is 19.1 Å². The van der Waals surface area contributed by atoms with Crippen molar-refractivity contribution in [3.63, 3.8) is 0 Å². The molecule has 3 aliphatic rings. The minimum atomic E-state index is -0.488. The van der Waals surface area contributed by atoms with Crippen LogP contribution in [0.4, 0.5) is 0 Å². The predicted octanol–water partition coefficient (Wildman–Crippen LogP) is 1.56. The van der Waals surface area contributed by atoms with E-state index in [0.29, 0.717) is 32.6 Å². The molecule has 2 spiro atoms. The van der Waals surface area contributed by atoms with Gasteiger partial charge in [0.15, 0.2) is 0 Å². The number of carbonyl (C=O) groups is 3. The van der Waals surface area contributed by atoms with Crippen LogP contribution >= 0.6 is 0 Å². The van der Waals surface area contributed by atoms with Crippen LogP contribution in [0.3, 0.4) is 0 Å². The fourth-order valence-electron chi connectivity index (χ4n) is 5.71. The summed E-state index contributed by atoms with van der Waals surface area (Å²) in [5.74, 6) is 1.09. The lowest BCUT2D eigenvalue weighted by Gasteiger charge is -2.46. The lowest BCUT2D eigenvalue weighted by molar-refractivity contribution is -0.143. The number of carbonyl (C=O) groups excluding carboxylic acids is 3. The van der Waals surface area contributed by atoms with Crippen LogP contribution in [0.1, 0.15) is 31.7 Å². The van der Waals surface area contributed by atoms with Crippen molar-refractivity contribution >= 4 is 17.7 Å². The number of fused-ring (bicyclic) bond motifs is 1. The molecule has 1 aromatic carbocycles. The van der Waals surface area contributed by atoms with Crippen molar-refractivity contribution in [3.8, 4) is 5.75 Å². The third-order valence-corrected chi connectivity index (χ3v) is 7.63. The molecule has 0 N–H and O–H groups in total. The first-order valence-corrected chi connectivity index (χ1v) is 10.7. The van der Waals surface area contributed by atoms with Crippen LogP contribution in [0.25, 0.3) is 0 Å². The molecule has 1 unspecified atom stereocenters. The molecular weight excluding hydrogens is 382 g/mol. The number of rotatable bonds is 3. The molecule has 0 saturated carbocycles. The van der Waals surface area contributed by atoms with E-state index in [0.717, 1.165) is 37.1 Å². The molecule has 0 aliphatic carbocycles. The van der Waals surface area contributed by atoms with Gasteiger partial charge in [0.05, 0.1) is 18.9 Å². The molecule has 0 aromatic heterocycles. The summed E-state index contributed by atoms with van der Waals surface area (Å²) in [4.78, 5) is 43.8. The second-order valence-electron chi connectivity index (χ2n) is 9.12. The number of nitrogens with zero attached hydrogens (tertiary/aromatic N) is 3. The topological polar surface area (TPSA) is 70.2 Å². The summed E-state index contributed by atoms with van der Waals surface area (Å²) in [7, 11) is 3.48. The Morgan fingerprint density at radius 1 is 1.00 bits per heavy atom. The Kier molecular flexibility index (Phi) is 5.24. The number of piperidine rings is 1. The zero-order valence-corrected chi connectivity index (χ0v) is 18.1. The van der Waals surface area contributed by atoms with Crippen molar-refractivity contribution in [3.05, 3.63) is 29.8 Å². The lowest BCUT2D eigenvalue weighted by atomic mass is 9.60. The summed E-state index contributed by atoms with van der Waals surface area (Å²) in [5, 5.41) is 0. The molecule has 3 fully saturated rings. The Hall–Kier alpha value is -2.57. The van der Waals surface area contributed by atoms with Gasteiger partial charge in [-0.1, -0.05) is 12.1 Å². The number of amides is 3. The first-order chi connectivity index (χ1) is 14.3. The summed E-state index contributed by atoms with van der Waals surface area (Å²) in [6.07, 6.45) is 2.70. The highest BCUT2D eigenvalue weighted by atomic mass is 16.5. The molecule has 1 atom stereocenters. The fraction of sp³-hybridized carbons (Fsp3) is 0.609. The van der Waals surface area contributed by atoms with E-state index in [2.05, 4.69) is 0 Å². The Balaban J connectivity index is 1.47. The van der Waals surface area contributed by atoms with Crippen LogP contribution in [0.2, 0.25) is 0 Å². The Morgan fingerprint density at radius 2 is 1.67 bits per heavy atom. The quantitative estimate of drug-likeness (QED) is 0.754. The van der Waals surface area contributed by atoms with Crippen molar-refractivity contribution in [2.45, 2.75) is 32.6 Å². The van der Waals surface area contributed by atoms with Gasteiger partial charge >= 0.3 is 0 Å². The van der Waals surface area contributed by atoms with Crippen molar-refractivity contribution in [1.82, 2.24) is 14.7 Å². The Labute approximate surface area is 177 Å². The summed E-state index contributed by atoms with van der Waals surface area (Å²) >= 11 is 0. The van der Waals surface area contributed by atoms with Crippen LogP contribution in [0.15, 0.2) is 24.3 Å². The van der Waals surface area contributed by atoms with Gasteiger partial charge in [0.1, 0.15) is 5.75 Å². The van der Waals surface area contributed by atoms with Gasteiger partial charge in [-0.05, 0) is 37.0 Å². The monoisotopic (exact) mass is 413 g/mol. The molecule has 0 bridgehead atoms. The number of likely N-dealkylation sites (tertiary alicyclic amines) is 3. The molecular formula is C23H31N3O4. The van der Waals surface area contributed by atoms with Crippen LogP contribution < -0.4 is 4.74 Å². The lowest BCUT2D eigenvalue weighted by Crippen LogP contribution is -2.53. The second-order valence-corrected chi connectivity index (χ2v) is 9.12. The van der Waals surface area contributed by atoms with Gasteiger partial charge in [-0.15, -0.1) is 0 Å². The van der Waals surface area contributed by atoms with Crippen LogP contribution in [-0.4, -0.2) is 79.3 Å². The fourth-order valence-corrected chi connectivity index (χ4v) is 5.71. The zero-order chi connectivity index (χ0) is 21.5. The van der Waals surface area contributed by atoms with Crippen LogP contribution in [0, 0.1) is 10.8 Å². The van der Waals surface area contributed by atoms with Crippen LogP contribution in [-0.2, 0) is 20.8 Å². The normalized spacial score (nSPS) is 25.4. The van der Waals surface area contributed by atoms with Gasteiger partial charge in [-0.2, -0.15) is 0 Å². The van der Waals surface area contributed by atoms with E-state index in [1.54, 1.807) is 14.0 Å². The highest BCUT2D eigenvalue weighted by Gasteiger charge is 2.65. The SMILES string of the molecule is COc1ccc(CC(=O)N2CCC3(CC2)CN(C(C)=O)CC32CCN(C)C2=O)cc1. The number of ether oxygens (including phenoxy) is 1. The molecule has 3 amide bonds. The predicted molar refractivity (Wildman–Crippen MR) is 112 cm³/mol. The van der Waals surface area contributed by atoms with Crippen molar-refractivity contribution in [2.75, 3.05) is 46.9 Å². The third kappa shape index (κ3) is 3.24. The van der Waals surface area contributed by atoms with E-state index in [9.17, 15) is 14.4 Å². The number of methoxy groups -OCH3 is 1. The summed E-state index contributed by atoms with van der Waals surface area (Å²) < 4.78 is 5.18. The average Bonchev–Trinajstić information content (AvgIpc) is 3.22. The number of hydrogen-bond donors (Lipinski definition) is 0. The highest BCUT2D eigenvalue weighted by Crippen LogP contribution is 2.57. The number of benzene rings is 1. The maximum atomic E-state index is 13.2. The number of hydrogen-bond acceptors (Lipinski definition) is 4. The molecule has 0 radical (unpaired) electrons. The molecule has 3 heterocycles. The molecule has 4 rings (SSSR count). The molecule has 162 valence electrons. The average molecular weight is 414 g/mol. The van der Waals surface area contributed by atoms with E-state index < -0.39 is 5.41 Å². The van der Waals surface area contributed by atoms with Gasteiger partial charge in [-0.25, -0.2) is 0 Å². The van der Waals surface area contributed by atoms with Crippen molar-refractivity contribution in [1.29, 1.82) is 0 Å². The zero-order valence-electron chi connectivity index (χ0n) is 18.1. The first kappa shape index (κ1) is 20.7. The molecule has 7 heteroatoms. The maximum absolute atomic E-state index is 13.2. The highest BCUT2D eigenvalue weighted by molar-refractivity contribution is 5.88. The molecule has 3 saturated heterocycles. The second kappa shape index (κ2) is 7.60. The first-order valence-electron chi connectivity index (χ1n) is 10.7. The molecule has 30 heavy (non-hydrogen) atoms. The largest absolute Gasteiger partial charge is 0.497 e. The van der Waals surface area contributed by atoms with E-state index in [-0.39, 0.29) is 23.1 Å². The minimum absolute atomic E-state index is 0.0339.